The number of aryl methyl sites for hydroxylation is 1. The summed E-state index contributed by atoms with van der Waals surface area (Å²) in [5, 5.41) is 0. The molecule has 0 spiro atoms. The number of nitrogen functional groups attached to an aromatic ring is 1. The van der Waals surface area contributed by atoms with Crippen molar-refractivity contribution in [3.8, 4) is 5.75 Å². The van der Waals surface area contributed by atoms with Crippen LogP contribution in [0.15, 0.2) is 36.5 Å². The van der Waals surface area contributed by atoms with Crippen molar-refractivity contribution in [3.63, 3.8) is 0 Å². The van der Waals surface area contributed by atoms with Crippen molar-refractivity contribution < 1.29 is 14.3 Å². The molecule has 0 saturated heterocycles. The molecule has 0 aliphatic carbocycles. The molecule has 0 aliphatic rings. The van der Waals surface area contributed by atoms with Crippen molar-refractivity contribution in [2.45, 2.75) is 13.5 Å². The standard InChI is InChI=1S/C15H16N2O3/c1-10-4-3-7-17-13(10)9-20-14-8-11(15(18)19-2)5-6-12(14)16/h3-8H,9,16H2,1-2H3. The maximum absolute atomic E-state index is 11.5. The number of benzene rings is 1. The van der Waals surface area contributed by atoms with Crippen LogP contribution in [0.3, 0.4) is 0 Å². The highest BCUT2D eigenvalue weighted by Crippen LogP contribution is 2.24. The van der Waals surface area contributed by atoms with Crippen LogP contribution in [0.2, 0.25) is 0 Å². The average Bonchev–Trinajstić information content (AvgIpc) is 2.47. The number of ether oxygens (including phenoxy) is 2. The Kier molecular flexibility index (Phi) is 4.20. The van der Waals surface area contributed by atoms with Crippen molar-refractivity contribution in [1.29, 1.82) is 0 Å². The number of carbonyl (C=O) groups excluding carboxylic acids is 1. The van der Waals surface area contributed by atoms with E-state index in [1.165, 1.54) is 7.11 Å². The molecule has 5 nitrogen and oxygen atoms in total. The zero-order valence-electron chi connectivity index (χ0n) is 11.4. The fraction of sp³-hybridized carbons (Fsp3) is 0.200. The molecule has 0 atom stereocenters. The van der Waals surface area contributed by atoms with Gasteiger partial charge in [0.2, 0.25) is 0 Å². The lowest BCUT2D eigenvalue weighted by atomic mass is 10.2. The number of methoxy groups -OCH3 is 1. The van der Waals surface area contributed by atoms with Gasteiger partial charge in [-0.25, -0.2) is 4.79 Å². The minimum Gasteiger partial charge on any atom is -0.485 e. The van der Waals surface area contributed by atoms with Crippen LogP contribution < -0.4 is 10.5 Å². The summed E-state index contributed by atoms with van der Waals surface area (Å²) in [6, 6.07) is 8.61. The van der Waals surface area contributed by atoms with Crippen LogP contribution in [0.5, 0.6) is 5.75 Å². The summed E-state index contributed by atoms with van der Waals surface area (Å²) in [5.74, 6) is 0.0156. The quantitative estimate of drug-likeness (QED) is 0.683. The Labute approximate surface area is 117 Å². The number of rotatable bonds is 4. The molecule has 20 heavy (non-hydrogen) atoms. The molecule has 104 valence electrons. The molecule has 0 amide bonds. The Bertz CT molecular complexity index is 626. The molecule has 0 aliphatic heterocycles. The van der Waals surface area contributed by atoms with Gasteiger partial charge in [-0.1, -0.05) is 6.07 Å². The number of aromatic nitrogens is 1. The van der Waals surface area contributed by atoms with Crippen molar-refractivity contribution in [1.82, 2.24) is 4.98 Å². The number of hydrogen-bond donors (Lipinski definition) is 1. The topological polar surface area (TPSA) is 74.4 Å². The van der Waals surface area contributed by atoms with Crippen LogP contribution in [0.1, 0.15) is 21.6 Å². The molecule has 1 heterocycles. The normalized spacial score (nSPS) is 10.1. The van der Waals surface area contributed by atoms with E-state index >= 15 is 0 Å². The number of nitrogens with zero attached hydrogens (tertiary/aromatic N) is 1. The summed E-state index contributed by atoms with van der Waals surface area (Å²) in [6.07, 6.45) is 1.71. The predicted octanol–water partition coefficient (Wildman–Crippen LogP) is 2.34. The lowest BCUT2D eigenvalue weighted by Gasteiger charge is -2.11. The van der Waals surface area contributed by atoms with Gasteiger partial charge in [0.05, 0.1) is 24.1 Å². The average molecular weight is 272 g/mol. The fourth-order valence-corrected chi connectivity index (χ4v) is 1.72. The lowest BCUT2D eigenvalue weighted by Crippen LogP contribution is -2.05. The van der Waals surface area contributed by atoms with Crippen LogP contribution in [0.25, 0.3) is 0 Å². The van der Waals surface area contributed by atoms with Crippen molar-refractivity contribution in [2.24, 2.45) is 0 Å². The number of pyridine rings is 1. The number of anilines is 1. The Morgan fingerprint density at radius 3 is 2.85 bits per heavy atom. The minimum atomic E-state index is -0.427. The number of nitrogens with two attached hydrogens (primary N) is 1. The van der Waals surface area contributed by atoms with Crippen LogP contribution in [0, 0.1) is 6.92 Å². The molecular weight excluding hydrogens is 256 g/mol. The zero-order valence-corrected chi connectivity index (χ0v) is 11.4. The summed E-state index contributed by atoms with van der Waals surface area (Å²) >= 11 is 0. The van der Waals surface area contributed by atoms with Crippen LogP contribution in [0.4, 0.5) is 5.69 Å². The van der Waals surface area contributed by atoms with E-state index in [0.717, 1.165) is 11.3 Å². The lowest BCUT2D eigenvalue weighted by molar-refractivity contribution is 0.0600. The summed E-state index contributed by atoms with van der Waals surface area (Å²) in [7, 11) is 1.33. The fourth-order valence-electron chi connectivity index (χ4n) is 1.72. The first-order chi connectivity index (χ1) is 9.61. The predicted molar refractivity (Wildman–Crippen MR) is 75.5 cm³/mol. The third-order valence-electron chi connectivity index (χ3n) is 2.92. The smallest absolute Gasteiger partial charge is 0.337 e. The number of esters is 1. The monoisotopic (exact) mass is 272 g/mol. The van der Waals surface area contributed by atoms with Crippen molar-refractivity contribution in [3.05, 3.63) is 53.3 Å². The second-order valence-corrected chi connectivity index (χ2v) is 4.30. The van der Waals surface area contributed by atoms with Crippen LogP contribution in [-0.4, -0.2) is 18.1 Å². The minimum absolute atomic E-state index is 0.293. The maximum atomic E-state index is 11.5. The maximum Gasteiger partial charge on any atom is 0.337 e. The van der Waals surface area contributed by atoms with E-state index in [2.05, 4.69) is 9.72 Å². The molecule has 0 unspecified atom stereocenters. The molecule has 2 aromatic rings. The summed E-state index contributed by atoms with van der Waals surface area (Å²) in [4.78, 5) is 15.7. The summed E-state index contributed by atoms with van der Waals surface area (Å²) < 4.78 is 10.3. The number of carbonyl (C=O) groups is 1. The van der Waals surface area contributed by atoms with Gasteiger partial charge in [0.25, 0.3) is 0 Å². The molecule has 2 N–H and O–H groups in total. The van der Waals surface area contributed by atoms with Gasteiger partial charge in [0.1, 0.15) is 12.4 Å². The number of hydrogen-bond acceptors (Lipinski definition) is 5. The summed E-state index contributed by atoms with van der Waals surface area (Å²) in [5.41, 5.74) is 8.56. The van der Waals surface area contributed by atoms with Crippen molar-refractivity contribution >= 4 is 11.7 Å². The highest BCUT2D eigenvalue weighted by atomic mass is 16.5. The van der Waals surface area contributed by atoms with Gasteiger partial charge >= 0.3 is 5.97 Å². The first-order valence-electron chi connectivity index (χ1n) is 6.13. The molecular formula is C15H16N2O3. The molecule has 0 bridgehead atoms. The molecule has 1 aromatic carbocycles. The highest BCUT2D eigenvalue weighted by Gasteiger charge is 2.10. The molecule has 0 radical (unpaired) electrons. The third kappa shape index (κ3) is 3.06. The second kappa shape index (κ2) is 6.06. The van der Waals surface area contributed by atoms with E-state index < -0.39 is 5.97 Å². The Morgan fingerprint density at radius 2 is 2.15 bits per heavy atom. The van der Waals surface area contributed by atoms with Gasteiger partial charge in [-0.15, -0.1) is 0 Å². The van der Waals surface area contributed by atoms with Crippen molar-refractivity contribution in [2.75, 3.05) is 12.8 Å². The van der Waals surface area contributed by atoms with Gasteiger partial charge < -0.3 is 15.2 Å². The van der Waals surface area contributed by atoms with Crippen LogP contribution in [-0.2, 0) is 11.3 Å². The molecule has 1 aromatic heterocycles. The van der Waals surface area contributed by atoms with E-state index in [0.29, 0.717) is 23.6 Å². The first kappa shape index (κ1) is 13.9. The van der Waals surface area contributed by atoms with E-state index in [1.807, 2.05) is 19.1 Å². The van der Waals surface area contributed by atoms with E-state index in [1.54, 1.807) is 24.4 Å². The van der Waals surface area contributed by atoms with Crippen LogP contribution >= 0.6 is 0 Å². The second-order valence-electron chi connectivity index (χ2n) is 4.30. The Balaban J connectivity index is 2.17. The van der Waals surface area contributed by atoms with E-state index in [4.69, 9.17) is 10.5 Å². The summed E-state index contributed by atoms with van der Waals surface area (Å²) in [6.45, 7) is 2.25. The van der Waals surface area contributed by atoms with Gasteiger partial charge in [0, 0.05) is 6.20 Å². The molecule has 2 rings (SSSR count). The highest BCUT2D eigenvalue weighted by molar-refractivity contribution is 5.90. The van der Waals surface area contributed by atoms with E-state index in [-0.39, 0.29) is 0 Å². The molecule has 0 saturated carbocycles. The van der Waals surface area contributed by atoms with Gasteiger partial charge in [-0.3, -0.25) is 4.98 Å². The van der Waals surface area contributed by atoms with Gasteiger partial charge in [-0.05, 0) is 36.8 Å². The van der Waals surface area contributed by atoms with E-state index in [9.17, 15) is 4.79 Å². The SMILES string of the molecule is COC(=O)c1ccc(N)c(OCc2ncccc2C)c1. The molecule has 0 fully saturated rings. The molecule has 5 heteroatoms. The largest absolute Gasteiger partial charge is 0.485 e. The van der Waals surface area contributed by atoms with Gasteiger partial charge in [-0.2, -0.15) is 0 Å². The Morgan fingerprint density at radius 1 is 1.35 bits per heavy atom. The zero-order chi connectivity index (χ0) is 14.5. The van der Waals surface area contributed by atoms with Gasteiger partial charge in [0.15, 0.2) is 0 Å². The first-order valence-corrected chi connectivity index (χ1v) is 6.13. The third-order valence-corrected chi connectivity index (χ3v) is 2.92. The Hall–Kier alpha value is -2.56.